The number of aryl methyl sites for hydroxylation is 1. The number of halogens is 1. The van der Waals surface area contributed by atoms with E-state index in [1.54, 1.807) is 7.05 Å². The van der Waals surface area contributed by atoms with Crippen molar-refractivity contribution in [2.45, 2.75) is 31.3 Å². The normalized spacial score (nSPS) is 14.3. The van der Waals surface area contributed by atoms with E-state index >= 15 is 0 Å². The molecule has 5 nitrogen and oxygen atoms in total. The van der Waals surface area contributed by atoms with Crippen LogP contribution in [0.25, 0.3) is 0 Å². The third kappa shape index (κ3) is 2.64. The van der Waals surface area contributed by atoms with Crippen LogP contribution in [0.1, 0.15) is 19.7 Å². The molecule has 0 saturated heterocycles. The first-order chi connectivity index (χ1) is 7.43. The summed E-state index contributed by atoms with van der Waals surface area (Å²) >= 11 is 3.27. The topological polar surface area (TPSA) is 66.1 Å². The summed E-state index contributed by atoms with van der Waals surface area (Å²) in [5, 5.41) is 0.747. The molecule has 1 aromatic rings. The van der Waals surface area contributed by atoms with Gasteiger partial charge in [-0.05, 0) is 6.92 Å². The van der Waals surface area contributed by atoms with Gasteiger partial charge in [-0.1, -0.05) is 22.9 Å². The summed E-state index contributed by atoms with van der Waals surface area (Å²) < 4.78 is 25.5. The fourth-order valence-corrected chi connectivity index (χ4v) is 3.06. The predicted octanol–water partition coefficient (Wildman–Crippen LogP) is 1.38. The van der Waals surface area contributed by atoms with Gasteiger partial charge in [0.1, 0.15) is 5.82 Å². The lowest BCUT2D eigenvalue weighted by atomic mass is 10.4. The molecule has 1 rings (SSSR count). The summed E-state index contributed by atoms with van der Waals surface area (Å²) in [5.41, 5.74) is 0. The van der Waals surface area contributed by atoms with Crippen molar-refractivity contribution in [3.63, 3.8) is 0 Å². The van der Waals surface area contributed by atoms with Gasteiger partial charge in [0.2, 0.25) is 0 Å². The minimum absolute atomic E-state index is 0.0987. The molecule has 1 heterocycles. The Kier molecular flexibility index (Phi) is 4.52. The highest BCUT2D eigenvalue weighted by atomic mass is 79.9. The van der Waals surface area contributed by atoms with Crippen molar-refractivity contribution in [2.24, 2.45) is 0 Å². The summed E-state index contributed by atoms with van der Waals surface area (Å²) in [6, 6.07) is -0.0987. The third-order valence-corrected chi connectivity index (χ3v) is 5.26. The molecule has 0 aliphatic heterocycles. The summed E-state index contributed by atoms with van der Waals surface area (Å²) in [6.45, 7) is 3.75. The number of alkyl halides is 1. The van der Waals surface area contributed by atoms with E-state index in [0.717, 1.165) is 0 Å². The van der Waals surface area contributed by atoms with E-state index in [-0.39, 0.29) is 11.1 Å². The van der Waals surface area contributed by atoms with Crippen LogP contribution in [0.2, 0.25) is 0 Å². The van der Waals surface area contributed by atoms with E-state index in [2.05, 4.69) is 25.9 Å². The summed E-state index contributed by atoms with van der Waals surface area (Å²) in [4.78, 5) is 6.80. The lowest BCUT2D eigenvalue weighted by Crippen LogP contribution is -2.36. The second kappa shape index (κ2) is 5.29. The maximum absolute atomic E-state index is 12.1. The molecule has 0 bridgehead atoms. The molecule has 7 heteroatoms. The van der Waals surface area contributed by atoms with Crippen LogP contribution in [0.4, 0.5) is 0 Å². The molecule has 0 aromatic carbocycles. The Morgan fingerprint density at radius 3 is 2.69 bits per heavy atom. The lowest BCUT2D eigenvalue weighted by molar-refractivity contribution is 0.414. The first kappa shape index (κ1) is 13.7. The number of nitrogens with one attached hydrogen (secondary N) is 1. The van der Waals surface area contributed by atoms with Gasteiger partial charge in [-0.2, -0.15) is 4.31 Å². The number of hydrogen-bond donors (Lipinski definition) is 1. The first-order valence-electron chi connectivity index (χ1n) is 5.01. The smallest absolute Gasteiger partial charge is 0.260 e. The Hall–Kier alpha value is -0.400. The molecule has 1 N–H and O–H groups in total. The van der Waals surface area contributed by atoms with Crippen LogP contribution >= 0.6 is 15.9 Å². The van der Waals surface area contributed by atoms with Gasteiger partial charge in [0.15, 0.2) is 5.03 Å². The zero-order chi connectivity index (χ0) is 12.3. The SMILES string of the molecule is CCc1ncc(S(=O)(=O)N(C)C(C)CBr)[nH]1. The molecule has 0 saturated carbocycles. The van der Waals surface area contributed by atoms with Crippen LogP contribution in [-0.4, -0.2) is 41.1 Å². The number of imidazole rings is 1. The Bertz CT molecular complexity index is 443. The van der Waals surface area contributed by atoms with Crippen molar-refractivity contribution in [1.82, 2.24) is 14.3 Å². The predicted molar refractivity (Wildman–Crippen MR) is 66.2 cm³/mol. The standard InChI is InChI=1S/C9H16BrN3O2S/c1-4-8-11-6-9(12-8)16(14,15)13(3)7(2)5-10/h6-7H,4-5H2,1-3H3,(H,11,12). The molecule has 92 valence electrons. The van der Waals surface area contributed by atoms with Crippen LogP contribution in [0, 0.1) is 0 Å². The van der Waals surface area contributed by atoms with Crippen molar-refractivity contribution < 1.29 is 8.42 Å². The second-order valence-corrected chi connectivity index (χ2v) is 6.19. The fourth-order valence-electron chi connectivity index (χ4n) is 1.14. The molecule has 0 spiro atoms. The molecule has 1 unspecified atom stereocenters. The minimum Gasteiger partial charge on any atom is -0.332 e. The Balaban J connectivity index is 3.01. The van der Waals surface area contributed by atoms with E-state index in [0.29, 0.717) is 17.6 Å². The molecular formula is C9H16BrN3O2S. The largest absolute Gasteiger partial charge is 0.332 e. The number of nitrogens with zero attached hydrogens (tertiary/aromatic N) is 2. The summed E-state index contributed by atoms with van der Waals surface area (Å²) in [6.07, 6.45) is 2.05. The summed E-state index contributed by atoms with van der Waals surface area (Å²) in [7, 11) is -1.89. The van der Waals surface area contributed by atoms with E-state index in [1.165, 1.54) is 10.5 Å². The maximum Gasteiger partial charge on any atom is 0.260 e. The van der Waals surface area contributed by atoms with Gasteiger partial charge in [-0.15, -0.1) is 0 Å². The number of hydrogen-bond acceptors (Lipinski definition) is 3. The molecular weight excluding hydrogens is 294 g/mol. The zero-order valence-electron chi connectivity index (χ0n) is 9.57. The first-order valence-corrected chi connectivity index (χ1v) is 7.57. The third-order valence-electron chi connectivity index (χ3n) is 2.44. The minimum atomic E-state index is -3.45. The molecule has 0 fully saturated rings. The lowest BCUT2D eigenvalue weighted by Gasteiger charge is -2.21. The second-order valence-electron chi connectivity index (χ2n) is 3.57. The molecule has 1 atom stereocenters. The average Bonchev–Trinajstić information content (AvgIpc) is 2.75. The van der Waals surface area contributed by atoms with Gasteiger partial charge in [0, 0.05) is 24.8 Å². The molecule has 0 radical (unpaired) electrons. The fraction of sp³-hybridized carbons (Fsp3) is 0.667. The van der Waals surface area contributed by atoms with E-state index in [4.69, 9.17) is 0 Å². The van der Waals surface area contributed by atoms with Crippen LogP contribution in [-0.2, 0) is 16.4 Å². The maximum atomic E-state index is 12.1. The van der Waals surface area contributed by atoms with E-state index < -0.39 is 10.0 Å². The molecule has 0 amide bonds. The van der Waals surface area contributed by atoms with Crippen LogP contribution in [0.15, 0.2) is 11.2 Å². The van der Waals surface area contributed by atoms with Gasteiger partial charge in [-0.25, -0.2) is 13.4 Å². The van der Waals surface area contributed by atoms with Crippen molar-refractivity contribution in [3.05, 3.63) is 12.0 Å². The van der Waals surface area contributed by atoms with Gasteiger partial charge < -0.3 is 4.98 Å². The Morgan fingerprint density at radius 1 is 1.62 bits per heavy atom. The highest BCUT2D eigenvalue weighted by molar-refractivity contribution is 9.09. The zero-order valence-corrected chi connectivity index (χ0v) is 12.0. The van der Waals surface area contributed by atoms with Crippen LogP contribution in [0.5, 0.6) is 0 Å². The number of sulfonamides is 1. The van der Waals surface area contributed by atoms with Crippen LogP contribution < -0.4 is 0 Å². The Morgan fingerprint density at radius 2 is 2.25 bits per heavy atom. The average molecular weight is 310 g/mol. The summed E-state index contributed by atoms with van der Waals surface area (Å²) in [5.74, 6) is 0.679. The van der Waals surface area contributed by atoms with Crippen molar-refractivity contribution in [1.29, 1.82) is 0 Å². The molecule has 0 aliphatic carbocycles. The number of aromatic nitrogens is 2. The number of aromatic amines is 1. The van der Waals surface area contributed by atoms with Gasteiger partial charge in [0.25, 0.3) is 10.0 Å². The molecule has 16 heavy (non-hydrogen) atoms. The van der Waals surface area contributed by atoms with Gasteiger partial charge in [-0.3, -0.25) is 0 Å². The van der Waals surface area contributed by atoms with Crippen LogP contribution in [0.3, 0.4) is 0 Å². The monoisotopic (exact) mass is 309 g/mol. The number of rotatable bonds is 5. The number of H-pyrrole nitrogens is 1. The van der Waals surface area contributed by atoms with E-state index in [9.17, 15) is 8.42 Å². The van der Waals surface area contributed by atoms with Gasteiger partial charge >= 0.3 is 0 Å². The highest BCUT2D eigenvalue weighted by Crippen LogP contribution is 2.15. The highest BCUT2D eigenvalue weighted by Gasteiger charge is 2.26. The Labute approximate surface area is 104 Å². The van der Waals surface area contributed by atoms with Crippen molar-refractivity contribution in [3.8, 4) is 0 Å². The van der Waals surface area contributed by atoms with Gasteiger partial charge in [0.05, 0.1) is 6.20 Å². The quantitative estimate of drug-likeness (QED) is 0.836. The van der Waals surface area contributed by atoms with E-state index in [1.807, 2.05) is 13.8 Å². The van der Waals surface area contributed by atoms with Crippen molar-refractivity contribution in [2.75, 3.05) is 12.4 Å². The molecule has 0 aliphatic rings. The van der Waals surface area contributed by atoms with Crippen molar-refractivity contribution >= 4 is 26.0 Å². The molecule has 1 aromatic heterocycles.